The van der Waals surface area contributed by atoms with E-state index < -0.39 is 0 Å². The number of ketones is 2. The van der Waals surface area contributed by atoms with E-state index in [0.717, 1.165) is 5.57 Å². The minimum absolute atomic E-state index is 0.0753. The monoisotopic (exact) mass is 281 g/mol. The van der Waals surface area contributed by atoms with Gasteiger partial charge in [-0.2, -0.15) is 0 Å². The average molecular weight is 281 g/mol. The lowest BCUT2D eigenvalue weighted by Gasteiger charge is -2.18. The molecule has 0 saturated heterocycles. The molecule has 3 heteroatoms. The predicted molar refractivity (Wildman–Crippen MR) is 81.1 cm³/mol. The Bertz CT molecular complexity index is 663. The topological polar surface area (TPSA) is 51.2 Å². The Labute approximate surface area is 124 Å². The van der Waals surface area contributed by atoms with E-state index in [9.17, 15) is 14.4 Å². The van der Waals surface area contributed by atoms with Crippen LogP contribution in [-0.2, 0) is 4.79 Å². The van der Waals surface area contributed by atoms with Gasteiger partial charge in [0.1, 0.15) is 0 Å². The van der Waals surface area contributed by atoms with Gasteiger partial charge in [0, 0.05) is 28.7 Å². The van der Waals surface area contributed by atoms with E-state index in [1.54, 1.807) is 31.2 Å². The van der Waals surface area contributed by atoms with Gasteiger partial charge < -0.3 is 0 Å². The zero-order chi connectivity index (χ0) is 15.4. The lowest BCUT2D eigenvalue weighted by Crippen LogP contribution is -2.20. The van der Waals surface area contributed by atoms with Crippen LogP contribution in [0.2, 0.25) is 0 Å². The molecule has 0 bridgehead atoms. The molecule has 0 spiro atoms. The summed E-state index contributed by atoms with van der Waals surface area (Å²) in [4.78, 5) is 35.0. The number of Topliss-reactive ketones (excluding diaryl/α,β-unsaturated/α-hetero) is 2. The minimum Gasteiger partial charge on any atom is -0.291 e. The van der Waals surface area contributed by atoms with Gasteiger partial charge in [0.25, 0.3) is 0 Å². The van der Waals surface area contributed by atoms with E-state index in [0.29, 0.717) is 41.5 Å². The second kappa shape index (κ2) is 6.44. The summed E-state index contributed by atoms with van der Waals surface area (Å²) >= 11 is 0. The average Bonchev–Trinajstić information content (AvgIpc) is 2.50. The second-order valence-corrected chi connectivity index (χ2v) is 5.21. The molecular weight excluding hydrogens is 264 g/mol. The van der Waals surface area contributed by atoms with Crippen molar-refractivity contribution in [1.29, 1.82) is 0 Å². The van der Waals surface area contributed by atoms with Crippen molar-refractivity contribution >= 4 is 17.9 Å². The predicted octanol–water partition coefficient (Wildman–Crippen LogP) is 3.61. The van der Waals surface area contributed by atoms with Gasteiger partial charge in [-0.25, -0.2) is 0 Å². The van der Waals surface area contributed by atoms with Crippen LogP contribution in [0.5, 0.6) is 0 Å². The quantitative estimate of drug-likeness (QED) is 0.775. The molecule has 1 aliphatic rings. The van der Waals surface area contributed by atoms with E-state index in [1.165, 1.54) is 0 Å². The van der Waals surface area contributed by atoms with Gasteiger partial charge >= 0.3 is 0 Å². The zero-order valence-corrected chi connectivity index (χ0v) is 12.2. The number of carbonyl (C=O) groups is 2. The first-order valence-corrected chi connectivity index (χ1v) is 6.95. The summed E-state index contributed by atoms with van der Waals surface area (Å²) in [7, 11) is 0. The Kier molecular flexibility index (Phi) is 4.63. The van der Waals surface area contributed by atoms with E-state index in [-0.39, 0.29) is 11.6 Å². The van der Waals surface area contributed by atoms with Crippen molar-refractivity contribution in [3.8, 4) is 0 Å². The molecule has 0 saturated carbocycles. The first-order valence-electron chi connectivity index (χ1n) is 6.95. The summed E-state index contributed by atoms with van der Waals surface area (Å²) in [5, 5.41) is 0. The van der Waals surface area contributed by atoms with Crippen LogP contribution < -0.4 is 0 Å². The van der Waals surface area contributed by atoms with Gasteiger partial charge in [-0.15, -0.1) is 0 Å². The highest BCUT2D eigenvalue weighted by Gasteiger charge is 2.28. The molecule has 3 nitrogen and oxygen atoms in total. The number of hydrogen-bond acceptors (Lipinski definition) is 3. The third-order valence-corrected chi connectivity index (χ3v) is 3.76. The summed E-state index contributed by atoms with van der Waals surface area (Å²) < 4.78 is 0. The van der Waals surface area contributed by atoms with Crippen LogP contribution in [0.15, 0.2) is 47.1 Å². The van der Waals surface area contributed by atoms with Gasteiger partial charge in [0.05, 0.1) is 0 Å². The Morgan fingerprint density at radius 3 is 2.38 bits per heavy atom. The highest BCUT2D eigenvalue weighted by Crippen LogP contribution is 2.28. The van der Waals surface area contributed by atoms with Crippen LogP contribution in [0.3, 0.4) is 0 Å². The van der Waals surface area contributed by atoms with E-state index in [2.05, 4.69) is 0 Å². The SMILES string of the molecule is CC1=C(C/C=C(\C)CC[C]=O)C(=O)c2ccccc2C1=O. The Hall–Kier alpha value is -2.29. The summed E-state index contributed by atoms with van der Waals surface area (Å²) in [6, 6.07) is 6.92. The smallest absolute Gasteiger partial charge is 0.198 e. The van der Waals surface area contributed by atoms with E-state index >= 15 is 0 Å². The molecule has 0 aromatic heterocycles. The third kappa shape index (κ3) is 3.07. The number of benzene rings is 1. The maximum atomic E-state index is 12.5. The summed E-state index contributed by atoms with van der Waals surface area (Å²) in [5.41, 5.74) is 3.06. The van der Waals surface area contributed by atoms with E-state index in [4.69, 9.17) is 0 Å². The fourth-order valence-electron chi connectivity index (χ4n) is 2.42. The van der Waals surface area contributed by atoms with Crippen molar-refractivity contribution in [2.45, 2.75) is 33.1 Å². The second-order valence-electron chi connectivity index (χ2n) is 5.21. The molecule has 1 radical (unpaired) electrons. The Morgan fingerprint density at radius 2 is 1.76 bits per heavy atom. The molecule has 0 aliphatic heterocycles. The van der Waals surface area contributed by atoms with E-state index in [1.807, 2.05) is 19.3 Å². The highest BCUT2D eigenvalue weighted by molar-refractivity contribution is 6.26. The molecule has 1 aromatic rings. The standard InChI is InChI=1S/C18H17O3/c1-12(6-5-11-19)9-10-14-13(2)17(20)15-7-3-4-8-16(15)18(14)21/h3-4,7-9H,5-6,10H2,1-2H3/b12-9+. The summed E-state index contributed by atoms with van der Waals surface area (Å²) in [6.07, 6.45) is 5.18. The number of allylic oxidation sites excluding steroid dienone is 4. The van der Waals surface area contributed by atoms with Gasteiger partial charge in [0.15, 0.2) is 17.9 Å². The van der Waals surface area contributed by atoms with Crippen molar-refractivity contribution in [2.24, 2.45) is 0 Å². The van der Waals surface area contributed by atoms with Gasteiger partial charge in [0.2, 0.25) is 0 Å². The van der Waals surface area contributed by atoms with Gasteiger partial charge in [-0.3, -0.25) is 14.4 Å². The van der Waals surface area contributed by atoms with Crippen LogP contribution in [0.4, 0.5) is 0 Å². The van der Waals surface area contributed by atoms with Crippen LogP contribution in [0.1, 0.15) is 53.8 Å². The van der Waals surface area contributed by atoms with Gasteiger partial charge in [-0.05, 0) is 26.7 Å². The number of fused-ring (bicyclic) bond motifs is 1. The van der Waals surface area contributed by atoms with Crippen molar-refractivity contribution < 1.29 is 14.4 Å². The maximum absolute atomic E-state index is 12.5. The first-order chi connectivity index (χ1) is 10.1. The molecule has 21 heavy (non-hydrogen) atoms. The molecule has 0 fully saturated rings. The molecule has 1 aliphatic carbocycles. The highest BCUT2D eigenvalue weighted by atomic mass is 16.1. The molecule has 0 N–H and O–H groups in total. The van der Waals surface area contributed by atoms with Crippen molar-refractivity contribution in [3.63, 3.8) is 0 Å². The Balaban J connectivity index is 2.28. The normalized spacial score (nSPS) is 15.2. The molecule has 1 aromatic carbocycles. The Morgan fingerprint density at radius 1 is 1.14 bits per heavy atom. The van der Waals surface area contributed by atoms with Crippen LogP contribution >= 0.6 is 0 Å². The zero-order valence-electron chi connectivity index (χ0n) is 12.2. The molecule has 2 rings (SSSR count). The maximum Gasteiger partial charge on any atom is 0.198 e. The number of carbonyl (C=O) groups excluding carboxylic acids is 3. The molecule has 0 heterocycles. The lowest BCUT2D eigenvalue weighted by molar-refractivity contribution is 0.0973. The lowest BCUT2D eigenvalue weighted by atomic mass is 9.83. The summed E-state index contributed by atoms with van der Waals surface area (Å²) in [6.45, 7) is 3.62. The largest absolute Gasteiger partial charge is 0.291 e. The number of hydrogen-bond donors (Lipinski definition) is 0. The first kappa shape index (κ1) is 15.1. The van der Waals surface area contributed by atoms with Gasteiger partial charge in [-0.1, -0.05) is 35.9 Å². The minimum atomic E-state index is -0.0764. The van der Waals surface area contributed by atoms with Crippen LogP contribution in [0, 0.1) is 0 Å². The fraction of sp³-hybridized carbons (Fsp3) is 0.278. The van der Waals surface area contributed by atoms with Crippen molar-refractivity contribution in [1.82, 2.24) is 0 Å². The molecule has 0 unspecified atom stereocenters. The molecular formula is C18H17O3. The van der Waals surface area contributed by atoms with Crippen molar-refractivity contribution in [2.75, 3.05) is 0 Å². The van der Waals surface area contributed by atoms with Crippen LogP contribution in [-0.4, -0.2) is 17.9 Å². The molecule has 107 valence electrons. The molecule has 0 atom stereocenters. The van der Waals surface area contributed by atoms with Crippen LogP contribution in [0.25, 0.3) is 0 Å². The fourth-order valence-corrected chi connectivity index (χ4v) is 2.42. The number of rotatable bonds is 5. The van der Waals surface area contributed by atoms with Crippen molar-refractivity contribution in [3.05, 3.63) is 58.2 Å². The third-order valence-electron chi connectivity index (χ3n) is 3.76. The molecule has 0 amide bonds. The summed E-state index contributed by atoms with van der Waals surface area (Å²) in [5.74, 6) is -0.152.